The van der Waals surface area contributed by atoms with Crippen LogP contribution in [-0.2, 0) is 14.2 Å². The van der Waals surface area contributed by atoms with Crippen molar-refractivity contribution in [1.82, 2.24) is 4.90 Å². The average Bonchev–Trinajstić information content (AvgIpc) is 3.23. The fraction of sp³-hybridized carbons (Fsp3) is 1.00. The largest absolute Gasteiger partial charge is 0.396 e. The lowest BCUT2D eigenvalue weighted by molar-refractivity contribution is -0.324. The van der Waals surface area contributed by atoms with E-state index in [1.807, 2.05) is 4.90 Å². The topological polar surface area (TPSA) is 152 Å². The van der Waals surface area contributed by atoms with Crippen molar-refractivity contribution < 1.29 is 44.8 Å². The SMILES string of the molecule is CC(C)C[C@H]1CCN(C2OC(CO)C(OC3OCC(CO)C(CO)C3CO)C(O)C2O)C1. The van der Waals surface area contributed by atoms with Crippen LogP contribution >= 0.6 is 0 Å². The monoisotopic (exact) mass is 463 g/mol. The van der Waals surface area contributed by atoms with Gasteiger partial charge in [0.1, 0.15) is 30.6 Å². The zero-order valence-electron chi connectivity index (χ0n) is 19.1. The number of hydrogen-bond donors (Lipinski definition) is 6. The first-order valence-corrected chi connectivity index (χ1v) is 11.8. The van der Waals surface area contributed by atoms with Crippen molar-refractivity contribution in [3.05, 3.63) is 0 Å². The van der Waals surface area contributed by atoms with Crippen LogP contribution in [0.1, 0.15) is 26.7 Å². The Hall–Kier alpha value is -0.400. The summed E-state index contributed by atoms with van der Waals surface area (Å²) < 4.78 is 17.6. The molecule has 3 aliphatic heterocycles. The van der Waals surface area contributed by atoms with E-state index in [-0.39, 0.29) is 32.3 Å². The molecule has 0 radical (unpaired) electrons. The minimum absolute atomic E-state index is 0.118. The van der Waals surface area contributed by atoms with E-state index < -0.39 is 55.4 Å². The van der Waals surface area contributed by atoms with Gasteiger partial charge in [-0.3, -0.25) is 4.90 Å². The second-order valence-corrected chi connectivity index (χ2v) is 9.95. The first-order valence-electron chi connectivity index (χ1n) is 11.8. The van der Waals surface area contributed by atoms with Crippen LogP contribution in [-0.4, -0.2) is 119 Å². The molecular weight excluding hydrogens is 422 g/mol. The molecule has 32 heavy (non-hydrogen) atoms. The Morgan fingerprint density at radius 1 is 0.969 bits per heavy atom. The lowest BCUT2D eigenvalue weighted by atomic mass is 9.80. The van der Waals surface area contributed by atoms with Crippen LogP contribution in [0, 0.1) is 29.6 Å². The molecule has 188 valence electrons. The van der Waals surface area contributed by atoms with Crippen LogP contribution in [0.25, 0.3) is 0 Å². The predicted molar refractivity (Wildman–Crippen MR) is 113 cm³/mol. The second-order valence-electron chi connectivity index (χ2n) is 9.95. The zero-order chi connectivity index (χ0) is 23.4. The van der Waals surface area contributed by atoms with Gasteiger partial charge in [-0.2, -0.15) is 0 Å². The lowest BCUT2D eigenvalue weighted by Gasteiger charge is -2.48. The van der Waals surface area contributed by atoms with Gasteiger partial charge in [0.25, 0.3) is 0 Å². The summed E-state index contributed by atoms with van der Waals surface area (Å²) in [4.78, 5) is 2.01. The number of aliphatic hydroxyl groups is 6. The van der Waals surface area contributed by atoms with E-state index >= 15 is 0 Å². The highest BCUT2D eigenvalue weighted by molar-refractivity contribution is 4.96. The van der Waals surface area contributed by atoms with Crippen molar-refractivity contribution in [2.45, 2.75) is 63.6 Å². The standard InChI is InChI=1S/C22H41NO9/c1-12(2)5-13-3-4-23(6-13)21-19(29)18(28)20(17(10-27)31-21)32-22-16(9-26)15(8-25)14(7-24)11-30-22/h12-22,24-29H,3-11H2,1-2H3/t13-,14?,15?,16?,17?,18?,19?,20?,21?,22?/m1/s1. The molecular formula is C22H41NO9. The number of rotatable bonds is 9. The van der Waals surface area contributed by atoms with Crippen LogP contribution in [0.2, 0.25) is 0 Å². The van der Waals surface area contributed by atoms with Crippen LogP contribution in [0.3, 0.4) is 0 Å². The Bertz CT molecular complexity index is 566. The van der Waals surface area contributed by atoms with Crippen molar-refractivity contribution in [2.75, 3.05) is 46.1 Å². The molecule has 6 N–H and O–H groups in total. The van der Waals surface area contributed by atoms with Crippen LogP contribution in [0.5, 0.6) is 0 Å². The Kier molecular flexibility index (Phi) is 9.69. The van der Waals surface area contributed by atoms with Gasteiger partial charge < -0.3 is 44.8 Å². The second kappa shape index (κ2) is 11.8. The third kappa shape index (κ3) is 5.63. The molecule has 10 heteroatoms. The fourth-order valence-electron chi connectivity index (χ4n) is 5.50. The summed E-state index contributed by atoms with van der Waals surface area (Å²) >= 11 is 0. The summed E-state index contributed by atoms with van der Waals surface area (Å²) in [6, 6.07) is 0. The van der Waals surface area contributed by atoms with Crippen molar-refractivity contribution in [3.63, 3.8) is 0 Å². The molecule has 3 saturated heterocycles. The molecule has 10 atom stereocenters. The molecule has 0 saturated carbocycles. The molecule has 3 rings (SSSR count). The zero-order valence-corrected chi connectivity index (χ0v) is 19.1. The summed E-state index contributed by atoms with van der Waals surface area (Å²) in [5.74, 6) is -0.350. The minimum Gasteiger partial charge on any atom is -0.396 e. The number of likely N-dealkylation sites (tertiary alicyclic amines) is 1. The Labute approximate surface area is 189 Å². The maximum atomic E-state index is 10.9. The summed E-state index contributed by atoms with van der Waals surface area (Å²) in [6.45, 7) is 4.75. The lowest BCUT2D eigenvalue weighted by Crippen LogP contribution is -2.64. The number of aliphatic hydroxyl groups excluding tert-OH is 6. The third-order valence-corrected chi connectivity index (χ3v) is 7.25. The first kappa shape index (κ1) is 26.2. The van der Waals surface area contributed by atoms with Gasteiger partial charge in [0.15, 0.2) is 6.29 Å². The van der Waals surface area contributed by atoms with E-state index in [4.69, 9.17) is 14.2 Å². The molecule has 3 aliphatic rings. The number of nitrogens with zero attached hydrogens (tertiary/aromatic N) is 1. The van der Waals surface area contributed by atoms with Crippen molar-refractivity contribution >= 4 is 0 Å². The van der Waals surface area contributed by atoms with Crippen molar-refractivity contribution in [3.8, 4) is 0 Å². The van der Waals surface area contributed by atoms with Gasteiger partial charge >= 0.3 is 0 Å². The molecule has 0 amide bonds. The number of hydrogen-bond acceptors (Lipinski definition) is 10. The molecule has 3 heterocycles. The highest BCUT2D eigenvalue weighted by atomic mass is 16.7. The minimum atomic E-state index is -1.33. The maximum Gasteiger partial charge on any atom is 0.163 e. The van der Waals surface area contributed by atoms with E-state index in [0.717, 1.165) is 25.9 Å². The Morgan fingerprint density at radius 2 is 1.69 bits per heavy atom. The molecule has 10 nitrogen and oxygen atoms in total. The summed E-state index contributed by atoms with van der Waals surface area (Å²) in [5, 5.41) is 60.8. The van der Waals surface area contributed by atoms with Crippen molar-refractivity contribution in [2.24, 2.45) is 29.6 Å². The van der Waals surface area contributed by atoms with Crippen molar-refractivity contribution in [1.29, 1.82) is 0 Å². The van der Waals surface area contributed by atoms with Crippen LogP contribution < -0.4 is 0 Å². The molecule has 0 spiro atoms. The molecule has 0 aliphatic carbocycles. The summed E-state index contributed by atoms with van der Waals surface area (Å²) in [6.07, 6.45) is -4.20. The normalized spacial score (nSPS) is 43.8. The van der Waals surface area contributed by atoms with Gasteiger partial charge in [-0.25, -0.2) is 0 Å². The average molecular weight is 464 g/mol. The van der Waals surface area contributed by atoms with E-state index in [2.05, 4.69) is 13.8 Å². The quantitative estimate of drug-likeness (QED) is 0.235. The molecule has 0 bridgehead atoms. The van der Waals surface area contributed by atoms with E-state index in [0.29, 0.717) is 11.8 Å². The van der Waals surface area contributed by atoms with Gasteiger partial charge in [0.2, 0.25) is 0 Å². The fourth-order valence-corrected chi connectivity index (χ4v) is 5.50. The molecule has 9 unspecified atom stereocenters. The maximum absolute atomic E-state index is 10.9. The molecule has 0 aromatic rings. The van der Waals surface area contributed by atoms with Gasteiger partial charge in [-0.15, -0.1) is 0 Å². The van der Waals surface area contributed by atoms with E-state index in [1.165, 1.54) is 0 Å². The van der Waals surface area contributed by atoms with Gasteiger partial charge in [-0.1, -0.05) is 13.8 Å². The highest BCUT2D eigenvalue weighted by Gasteiger charge is 2.50. The summed E-state index contributed by atoms with van der Waals surface area (Å²) in [7, 11) is 0. The van der Waals surface area contributed by atoms with E-state index in [1.54, 1.807) is 0 Å². The first-order chi connectivity index (χ1) is 15.3. The molecule has 3 fully saturated rings. The van der Waals surface area contributed by atoms with Gasteiger partial charge in [-0.05, 0) is 30.6 Å². The van der Waals surface area contributed by atoms with Crippen LogP contribution in [0.4, 0.5) is 0 Å². The van der Waals surface area contributed by atoms with Gasteiger partial charge in [0, 0.05) is 38.1 Å². The van der Waals surface area contributed by atoms with Crippen LogP contribution in [0.15, 0.2) is 0 Å². The number of ether oxygens (including phenoxy) is 3. The predicted octanol–water partition coefficient (Wildman–Crippen LogP) is -1.64. The van der Waals surface area contributed by atoms with E-state index in [9.17, 15) is 30.6 Å². The molecule has 0 aromatic heterocycles. The Morgan fingerprint density at radius 3 is 2.28 bits per heavy atom. The third-order valence-electron chi connectivity index (χ3n) is 7.25. The Balaban J connectivity index is 1.67. The molecule has 0 aromatic carbocycles. The van der Waals surface area contributed by atoms with Gasteiger partial charge in [0.05, 0.1) is 19.8 Å². The smallest absolute Gasteiger partial charge is 0.163 e. The highest BCUT2D eigenvalue weighted by Crippen LogP contribution is 2.36. The summed E-state index contributed by atoms with van der Waals surface area (Å²) in [5.41, 5.74) is 0.